The largest absolute Gasteiger partial charge is 0.497 e. The molecule has 0 unspecified atom stereocenters. The van der Waals surface area contributed by atoms with Crippen molar-refractivity contribution < 1.29 is 17.5 Å². The minimum Gasteiger partial charge on any atom is -0.497 e. The molecule has 0 aliphatic heterocycles. The van der Waals surface area contributed by atoms with E-state index in [9.17, 15) is 12.8 Å². The fourth-order valence-electron chi connectivity index (χ4n) is 3.16. The maximum atomic E-state index is 14.1. The molecule has 0 fully saturated rings. The number of nitrogens with zero attached hydrogens (tertiary/aromatic N) is 3. The summed E-state index contributed by atoms with van der Waals surface area (Å²) in [5.74, 6) is 0.347. The first kappa shape index (κ1) is 22.0. The van der Waals surface area contributed by atoms with Crippen molar-refractivity contribution in [2.75, 3.05) is 17.7 Å². The molecule has 0 saturated carbocycles. The van der Waals surface area contributed by atoms with Gasteiger partial charge in [-0.1, -0.05) is 0 Å². The van der Waals surface area contributed by atoms with Gasteiger partial charge in [0.25, 0.3) is 10.0 Å². The van der Waals surface area contributed by atoms with Crippen LogP contribution in [0.5, 0.6) is 5.75 Å². The molecule has 0 aliphatic rings. The van der Waals surface area contributed by atoms with Crippen LogP contribution in [0.4, 0.5) is 10.1 Å². The maximum Gasteiger partial charge on any atom is 0.264 e. The molecule has 2 heterocycles. The molecule has 0 atom stereocenters. The minimum atomic E-state index is -4.15. The molecule has 2 aromatic heterocycles. The summed E-state index contributed by atoms with van der Waals surface area (Å²) in [6.45, 7) is 0. The highest BCUT2D eigenvalue weighted by atomic mass is 35.5. The predicted octanol–water partition coefficient (Wildman–Crippen LogP) is 4.14. The number of hydrogen-bond donors (Lipinski definition) is 2. The number of H-pyrrole nitrogens is 1. The average molecular weight is 476 g/mol. The molecule has 0 aliphatic carbocycles. The number of methoxy groups -OCH3 is 1. The number of aromatic amines is 1. The van der Waals surface area contributed by atoms with Crippen molar-refractivity contribution in [3.63, 3.8) is 0 Å². The standard InChI is InChI=1S/C21H19ClFN5O3S/c1-31-15-8-9-17(23)19(11-15)32(29,30)28-14-6-4-13(5-7-14)20-25-18(3-2-10-22)16-12-24-27-21(16)26-20/h4-9,11-12,28H,2-3,10H2,1H3,(H,24,25,26,27). The fourth-order valence-corrected chi connectivity index (χ4v) is 4.45. The highest BCUT2D eigenvalue weighted by Crippen LogP contribution is 2.26. The summed E-state index contributed by atoms with van der Waals surface area (Å²) in [4.78, 5) is 8.62. The Bertz CT molecular complexity index is 1360. The van der Waals surface area contributed by atoms with Crippen LogP contribution >= 0.6 is 11.6 Å². The van der Waals surface area contributed by atoms with Crippen LogP contribution in [0.2, 0.25) is 0 Å². The van der Waals surface area contributed by atoms with Crippen LogP contribution in [0.1, 0.15) is 12.1 Å². The van der Waals surface area contributed by atoms with Gasteiger partial charge >= 0.3 is 0 Å². The molecule has 2 aromatic carbocycles. The molecule has 0 radical (unpaired) electrons. The zero-order chi connectivity index (χ0) is 22.7. The number of anilines is 1. The van der Waals surface area contributed by atoms with Crippen molar-refractivity contribution in [3.05, 3.63) is 60.2 Å². The van der Waals surface area contributed by atoms with Crippen molar-refractivity contribution in [2.45, 2.75) is 17.7 Å². The molecule has 0 spiro atoms. The molecule has 32 heavy (non-hydrogen) atoms. The second-order valence-corrected chi connectivity index (χ2v) is 8.93. The van der Waals surface area contributed by atoms with Crippen molar-refractivity contribution >= 4 is 38.3 Å². The third kappa shape index (κ3) is 4.51. The molecule has 2 N–H and O–H groups in total. The SMILES string of the molecule is COc1ccc(F)c(S(=O)(=O)Nc2ccc(-c3nc(CCCCl)c4cn[nH]c4n3)cc2)c1. The zero-order valence-electron chi connectivity index (χ0n) is 17.0. The molecular weight excluding hydrogens is 457 g/mol. The molecule has 0 amide bonds. The molecule has 0 bridgehead atoms. The van der Waals surface area contributed by atoms with Gasteiger partial charge in [0.1, 0.15) is 16.5 Å². The second kappa shape index (κ2) is 9.09. The number of aromatic nitrogens is 4. The van der Waals surface area contributed by atoms with Gasteiger partial charge < -0.3 is 4.74 Å². The zero-order valence-corrected chi connectivity index (χ0v) is 18.5. The van der Waals surface area contributed by atoms with Gasteiger partial charge in [-0.25, -0.2) is 22.8 Å². The number of sulfonamides is 1. The van der Waals surface area contributed by atoms with E-state index in [0.717, 1.165) is 29.6 Å². The van der Waals surface area contributed by atoms with Crippen LogP contribution in [-0.4, -0.2) is 41.6 Å². The van der Waals surface area contributed by atoms with E-state index in [4.69, 9.17) is 16.3 Å². The number of ether oxygens (including phenoxy) is 1. The van der Waals surface area contributed by atoms with E-state index in [2.05, 4.69) is 24.9 Å². The maximum absolute atomic E-state index is 14.1. The average Bonchev–Trinajstić information content (AvgIpc) is 3.27. The van der Waals surface area contributed by atoms with E-state index in [1.165, 1.54) is 13.2 Å². The van der Waals surface area contributed by atoms with Gasteiger partial charge in [-0.2, -0.15) is 5.10 Å². The summed E-state index contributed by atoms with van der Waals surface area (Å²) in [5, 5.41) is 7.72. The lowest BCUT2D eigenvalue weighted by Gasteiger charge is -2.11. The highest BCUT2D eigenvalue weighted by Gasteiger charge is 2.20. The van der Waals surface area contributed by atoms with Crippen LogP contribution in [0, 0.1) is 5.82 Å². The van der Waals surface area contributed by atoms with Crippen LogP contribution < -0.4 is 9.46 Å². The smallest absolute Gasteiger partial charge is 0.264 e. The summed E-state index contributed by atoms with van der Waals surface area (Å²) in [7, 11) is -2.78. The molecule has 4 rings (SSSR count). The topological polar surface area (TPSA) is 110 Å². The summed E-state index contributed by atoms with van der Waals surface area (Å²) in [6, 6.07) is 10.0. The first-order valence-electron chi connectivity index (χ1n) is 9.64. The third-order valence-electron chi connectivity index (χ3n) is 4.76. The van der Waals surface area contributed by atoms with Crippen molar-refractivity contribution in [2.24, 2.45) is 0 Å². The van der Waals surface area contributed by atoms with Crippen LogP contribution in [0.15, 0.2) is 53.6 Å². The summed E-state index contributed by atoms with van der Waals surface area (Å²) in [6.07, 6.45) is 3.12. The number of nitrogens with one attached hydrogen (secondary N) is 2. The Morgan fingerprint density at radius 1 is 1.16 bits per heavy atom. The van der Waals surface area contributed by atoms with Gasteiger partial charge in [0.2, 0.25) is 0 Å². The fraction of sp³-hybridized carbons (Fsp3) is 0.190. The molecular formula is C21H19ClFN5O3S. The second-order valence-electron chi connectivity index (χ2n) is 6.90. The van der Waals surface area contributed by atoms with Gasteiger partial charge in [-0.05, 0) is 49.2 Å². The van der Waals surface area contributed by atoms with Crippen molar-refractivity contribution in [1.29, 1.82) is 0 Å². The number of halogens is 2. The Balaban J connectivity index is 1.61. The van der Waals surface area contributed by atoms with Crippen LogP contribution in [-0.2, 0) is 16.4 Å². The molecule has 11 heteroatoms. The summed E-state index contributed by atoms with van der Waals surface area (Å²) >= 11 is 5.82. The number of aryl methyl sites for hydroxylation is 1. The van der Waals surface area contributed by atoms with Crippen LogP contribution in [0.3, 0.4) is 0 Å². The highest BCUT2D eigenvalue weighted by molar-refractivity contribution is 7.92. The van der Waals surface area contributed by atoms with Gasteiger partial charge in [0, 0.05) is 23.2 Å². The monoisotopic (exact) mass is 475 g/mol. The Labute approximate surface area is 188 Å². The molecule has 4 aromatic rings. The lowest BCUT2D eigenvalue weighted by atomic mass is 10.1. The van der Waals surface area contributed by atoms with Crippen molar-refractivity contribution in [3.8, 4) is 17.1 Å². The Kier molecular flexibility index (Phi) is 6.24. The Morgan fingerprint density at radius 3 is 2.66 bits per heavy atom. The van der Waals surface area contributed by atoms with E-state index >= 15 is 0 Å². The normalized spacial score (nSPS) is 11.6. The van der Waals surface area contributed by atoms with Gasteiger partial charge in [-0.3, -0.25) is 9.82 Å². The van der Waals surface area contributed by atoms with Gasteiger partial charge in [0.05, 0.1) is 24.4 Å². The molecule has 166 valence electrons. The van der Waals surface area contributed by atoms with E-state index in [0.29, 0.717) is 29.3 Å². The summed E-state index contributed by atoms with van der Waals surface area (Å²) < 4.78 is 46.8. The number of alkyl halides is 1. The Morgan fingerprint density at radius 2 is 1.94 bits per heavy atom. The van der Waals surface area contributed by atoms with Crippen LogP contribution in [0.25, 0.3) is 22.4 Å². The van der Waals surface area contributed by atoms with E-state index in [-0.39, 0.29) is 11.4 Å². The summed E-state index contributed by atoms with van der Waals surface area (Å²) in [5.41, 5.74) is 2.39. The minimum absolute atomic E-state index is 0.235. The number of fused-ring (bicyclic) bond motifs is 1. The predicted molar refractivity (Wildman–Crippen MR) is 120 cm³/mol. The lowest BCUT2D eigenvalue weighted by molar-refractivity contribution is 0.411. The van der Waals surface area contributed by atoms with Crippen molar-refractivity contribution in [1.82, 2.24) is 20.2 Å². The quantitative estimate of drug-likeness (QED) is 0.371. The molecule has 8 nitrogen and oxygen atoms in total. The van der Waals surface area contributed by atoms with E-state index in [1.807, 2.05) is 0 Å². The van der Waals surface area contributed by atoms with Gasteiger partial charge in [-0.15, -0.1) is 11.6 Å². The van der Waals surface area contributed by atoms with E-state index in [1.54, 1.807) is 30.5 Å². The lowest BCUT2D eigenvalue weighted by Crippen LogP contribution is -2.14. The number of rotatable bonds is 8. The first-order chi connectivity index (χ1) is 15.4. The third-order valence-corrected chi connectivity index (χ3v) is 6.42. The first-order valence-corrected chi connectivity index (χ1v) is 11.7. The molecule has 0 saturated heterocycles. The number of benzene rings is 2. The number of hydrogen-bond acceptors (Lipinski definition) is 6. The van der Waals surface area contributed by atoms with Gasteiger partial charge in [0.15, 0.2) is 11.5 Å². The Hall–Kier alpha value is -3.24. The van der Waals surface area contributed by atoms with E-state index < -0.39 is 20.7 Å².